The quantitative estimate of drug-likeness (QED) is 0.429. The van der Waals surface area contributed by atoms with Crippen LogP contribution >= 0.6 is 61.2 Å². The molecule has 1 aliphatic heterocycles. The first-order valence-corrected chi connectivity index (χ1v) is 16.0. The maximum absolute atomic E-state index is 3.67. The van der Waals surface area contributed by atoms with Gasteiger partial charge in [0.1, 0.15) is 0 Å². The summed E-state index contributed by atoms with van der Waals surface area (Å²) in [6, 6.07) is 0. The van der Waals surface area contributed by atoms with Crippen molar-refractivity contribution in [1.29, 1.82) is 0 Å². The van der Waals surface area contributed by atoms with Crippen LogP contribution in [0.2, 0.25) is 11.3 Å². The molecule has 8 heavy (non-hydrogen) atoms. The smallest absolute Gasteiger partial charge is 0.111 e. The molecule has 0 spiro atoms. The normalized spacial score (nSPS) is 31.5. The first-order valence-electron chi connectivity index (χ1n) is 2.17. The summed E-state index contributed by atoms with van der Waals surface area (Å²) >= 11 is 14.7. The van der Waals surface area contributed by atoms with Gasteiger partial charge in [-0.05, 0) is 11.3 Å². The van der Waals surface area contributed by atoms with Crippen molar-refractivity contribution < 1.29 is 0 Å². The summed E-state index contributed by atoms with van der Waals surface area (Å²) in [5.41, 5.74) is 2.69. The van der Waals surface area contributed by atoms with Gasteiger partial charge in [-0.1, -0.05) is 0 Å². The van der Waals surface area contributed by atoms with Crippen molar-refractivity contribution in [2.75, 3.05) is 0 Å². The van der Waals surface area contributed by atoms with E-state index in [2.05, 4.69) is 61.2 Å². The SMILES string of the molecule is Br[Si]1(Br)C[Si](Br)(Br)C1. The van der Waals surface area contributed by atoms with E-state index in [4.69, 9.17) is 0 Å². The fourth-order valence-corrected chi connectivity index (χ4v) is 67.9. The Hall–Kier alpha value is 2.35. The third kappa shape index (κ3) is 2.19. The van der Waals surface area contributed by atoms with Crippen LogP contribution in [-0.4, -0.2) is 10.6 Å². The van der Waals surface area contributed by atoms with E-state index in [-0.39, 0.29) is 0 Å². The van der Waals surface area contributed by atoms with Gasteiger partial charge in [0.05, 0.1) is 0 Å². The molecule has 0 radical (unpaired) electrons. The van der Waals surface area contributed by atoms with Crippen LogP contribution in [0.15, 0.2) is 0 Å². The largest absolute Gasteiger partial charge is 0.199 e. The molecule has 6 heteroatoms. The molecule has 0 unspecified atom stereocenters. The van der Waals surface area contributed by atoms with Crippen LogP contribution in [0, 0.1) is 0 Å². The minimum absolute atomic E-state index is 0.993. The summed E-state index contributed by atoms with van der Waals surface area (Å²) in [4.78, 5) is 0. The van der Waals surface area contributed by atoms with Crippen molar-refractivity contribution in [2.24, 2.45) is 0 Å². The highest BCUT2D eigenvalue weighted by molar-refractivity contribution is 9.55. The zero-order valence-electron chi connectivity index (χ0n) is 3.93. The van der Waals surface area contributed by atoms with Crippen molar-refractivity contribution in [3.05, 3.63) is 0 Å². The second-order valence-electron chi connectivity index (χ2n) is 2.07. The molecule has 0 saturated carbocycles. The number of rotatable bonds is 0. The number of hydrogen-bond acceptors (Lipinski definition) is 0. The third-order valence-electron chi connectivity index (χ3n) is 1.03. The van der Waals surface area contributed by atoms with Gasteiger partial charge in [0.25, 0.3) is 0 Å². The molecule has 48 valence electrons. The minimum Gasteiger partial charge on any atom is -0.111 e. The molecule has 1 fully saturated rings. The highest BCUT2D eigenvalue weighted by Crippen LogP contribution is 2.54. The molecule has 1 aliphatic rings. The van der Waals surface area contributed by atoms with Gasteiger partial charge in [-0.2, -0.15) is 0 Å². The maximum atomic E-state index is 3.67. The predicted molar refractivity (Wildman–Crippen MR) is 56.8 cm³/mol. The predicted octanol–water partition coefficient (Wildman–Crippen LogP) is 3.54. The van der Waals surface area contributed by atoms with Crippen LogP contribution in [0.4, 0.5) is 0 Å². The first-order chi connectivity index (χ1) is 3.41. The molecule has 1 heterocycles. The zero-order valence-corrected chi connectivity index (χ0v) is 12.3. The summed E-state index contributed by atoms with van der Waals surface area (Å²) in [5, 5.41) is -1.99. The molecule has 0 aliphatic carbocycles. The molecule has 1 rings (SSSR count). The Balaban J connectivity index is 2.42. The van der Waals surface area contributed by atoms with E-state index in [9.17, 15) is 0 Å². The zero-order chi connectivity index (χ0) is 6.41. The van der Waals surface area contributed by atoms with Crippen molar-refractivity contribution in [3.63, 3.8) is 0 Å². The lowest BCUT2D eigenvalue weighted by Crippen LogP contribution is -2.47. The Morgan fingerprint density at radius 2 is 1.00 bits per heavy atom. The van der Waals surface area contributed by atoms with Gasteiger partial charge in [0.2, 0.25) is 0 Å². The van der Waals surface area contributed by atoms with Crippen molar-refractivity contribution in [1.82, 2.24) is 0 Å². The average Bonchev–Trinajstić information content (AvgIpc) is 1.20. The number of halogens is 4. The van der Waals surface area contributed by atoms with Crippen LogP contribution in [0.1, 0.15) is 0 Å². The molecular weight excluding hydrogens is 400 g/mol. The Kier molecular flexibility index (Phi) is 2.58. The molecule has 0 aromatic heterocycles. The molecule has 1 saturated heterocycles. The van der Waals surface area contributed by atoms with Gasteiger partial charge < -0.3 is 0 Å². The monoisotopic (exact) mass is 400 g/mol. The van der Waals surface area contributed by atoms with E-state index in [1.165, 1.54) is 11.3 Å². The topological polar surface area (TPSA) is 0 Å². The van der Waals surface area contributed by atoms with Gasteiger partial charge in [0.15, 0.2) is 10.6 Å². The van der Waals surface area contributed by atoms with Crippen molar-refractivity contribution in [3.8, 4) is 0 Å². The Bertz CT molecular complexity index is 88.6. The van der Waals surface area contributed by atoms with E-state index in [1.807, 2.05) is 0 Å². The highest BCUT2D eigenvalue weighted by Gasteiger charge is 2.53. The van der Waals surface area contributed by atoms with Gasteiger partial charge in [-0.25, -0.2) is 0 Å². The fourth-order valence-electron chi connectivity index (χ4n) is 0.705. The maximum Gasteiger partial charge on any atom is 0.199 e. The van der Waals surface area contributed by atoms with E-state index in [0.29, 0.717) is 0 Å². The molecule has 0 amide bonds. The lowest BCUT2D eigenvalue weighted by molar-refractivity contribution is 1.65. The minimum atomic E-state index is -0.993. The highest BCUT2D eigenvalue weighted by atomic mass is 79.9. The second-order valence-corrected chi connectivity index (χ2v) is 32.9. The second kappa shape index (κ2) is 2.44. The molecule has 0 aromatic rings. The summed E-state index contributed by atoms with van der Waals surface area (Å²) in [6.07, 6.45) is 0. The molecule has 0 atom stereocenters. The molecule has 0 nitrogen and oxygen atoms in total. The van der Waals surface area contributed by atoms with Gasteiger partial charge >= 0.3 is 0 Å². The molecular formula is C2H4Br4Si2. The van der Waals surface area contributed by atoms with Crippen molar-refractivity contribution >= 4 is 71.8 Å². The van der Waals surface area contributed by atoms with Gasteiger partial charge in [-0.3, -0.25) is 0 Å². The average molecular weight is 404 g/mol. The number of hydrogen-bond donors (Lipinski definition) is 0. The standard InChI is InChI=1S/C2H4Br4Si2/c3-7(4)1-8(5,6)2-7/h1-2H2. The van der Waals surface area contributed by atoms with E-state index in [1.54, 1.807) is 0 Å². The van der Waals surface area contributed by atoms with Crippen LogP contribution < -0.4 is 0 Å². The summed E-state index contributed by atoms with van der Waals surface area (Å²) in [7, 11) is 0. The van der Waals surface area contributed by atoms with E-state index in [0.717, 1.165) is 0 Å². The van der Waals surface area contributed by atoms with Gasteiger partial charge in [0, 0.05) is 0 Å². The Labute approximate surface area is 82.1 Å². The van der Waals surface area contributed by atoms with Gasteiger partial charge in [-0.15, -0.1) is 61.2 Å². The molecule has 0 bridgehead atoms. The lowest BCUT2D eigenvalue weighted by atomic mass is 11.8. The van der Waals surface area contributed by atoms with Crippen LogP contribution in [-0.2, 0) is 0 Å². The Morgan fingerprint density at radius 1 is 0.750 bits per heavy atom. The third-order valence-corrected chi connectivity index (χ3v) is 29.5. The first kappa shape index (κ1) is 8.45. The van der Waals surface area contributed by atoms with Crippen LogP contribution in [0.3, 0.4) is 0 Å². The summed E-state index contributed by atoms with van der Waals surface area (Å²) < 4.78 is 0. The fraction of sp³-hybridized carbons (Fsp3) is 1.00. The van der Waals surface area contributed by atoms with Crippen LogP contribution in [0.5, 0.6) is 0 Å². The Morgan fingerprint density at radius 3 is 1.00 bits per heavy atom. The van der Waals surface area contributed by atoms with Crippen LogP contribution in [0.25, 0.3) is 0 Å². The summed E-state index contributed by atoms with van der Waals surface area (Å²) in [5.74, 6) is 0. The van der Waals surface area contributed by atoms with Crippen molar-refractivity contribution in [2.45, 2.75) is 11.3 Å². The summed E-state index contributed by atoms with van der Waals surface area (Å²) in [6.45, 7) is 0. The van der Waals surface area contributed by atoms with E-state index >= 15 is 0 Å². The molecule has 0 aromatic carbocycles. The van der Waals surface area contributed by atoms with E-state index < -0.39 is 10.6 Å². The lowest BCUT2D eigenvalue weighted by Gasteiger charge is -2.38. The molecule has 0 N–H and O–H groups in total.